The van der Waals surface area contributed by atoms with Gasteiger partial charge in [-0.1, -0.05) is 0 Å². The highest BCUT2D eigenvalue weighted by molar-refractivity contribution is 7.90. The topological polar surface area (TPSA) is 113 Å². The Balaban J connectivity index is 4.22. The van der Waals surface area contributed by atoms with E-state index in [4.69, 9.17) is 5.11 Å². The lowest BCUT2D eigenvalue weighted by molar-refractivity contribution is -0.141. The molecule has 0 aromatic carbocycles. The monoisotopic (exact) mass is 266 g/mol. The molecule has 0 aromatic rings. The van der Waals surface area contributed by atoms with E-state index in [1.807, 2.05) is 0 Å². The molecule has 0 radical (unpaired) electrons. The maximum absolute atomic E-state index is 11.0. The first-order chi connectivity index (χ1) is 7.61. The maximum Gasteiger partial charge on any atom is 0.327 e. The van der Waals surface area contributed by atoms with Crippen LogP contribution in [0.3, 0.4) is 0 Å². The number of aliphatic carboxylic acids is 1. The molecule has 0 aliphatic rings. The highest BCUT2D eigenvalue weighted by atomic mass is 32.2. The van der Waals surface area contributed by atoms with Gasteiger partial charge in [0.15, 0.2) is 0 Å². The molecule has 3 N–H and O–H groups in total. The van der Waals surface area contributed by atoms with Crippen molar-refractivity contribution in [3.8, 4) is 0 Å². The summed E-state index contributed by atoms with van der Waals surface area (Å²) < 4.78 is 21.9. The van der Waals surface area contributed by atoms with Crippen molar-refractivity contribution in [2.75, 3.05) is 18.6 Å². The normalized spacial score (nSPS) is 15.0. The summed E-state index contributed by atoms with van der Waals surface area (Å²) in [5.41, 5.74) is 0. The minimum absolute atomic E-state index is 0.0222. The van der Waals surface area contributed by atoms with Gasteiger partial charge in [0, 0.05) is 25.8 Å². The van der Waals surface area contributed by atoms with Crippen LogP contribution in [-0.2, 0) is 19.4 Å². The molecule has 0 saturated carbocycles. The standard InChI is InChI=1S/C9H18N2O5S/c1-6(5-17(3,15)16)10-4-8(9(13)14)11-7(2)12/h6,8,10H,4-5H2,1-3H3,(H,11,12)(H,13,14). The number of carboxylic acids is 1. The summed E-state index contributed by atoms with van der Waals surface area (Å²) >= 11 is 0. The van der Waals surface area contributed by atoms with E-state index < -0.39 is 27.8 Å². The summed E-state index contributed by atoms with van der Waals surface area (Å²) in [6.07, 6.45) is 1.10. The molecule has 8 heteroatoms. The molecule has 0 spiro atoms. The summed E-state index contributed by atoms with van der Waals surface area (Å²) in [4.78, 5) is 21.5. The van der Waals surface area contributed by atoms with Crippen LogP contribution in [0.4, 0.5) is 0 Å². The van der Waals surface area contributed by atoms with Crippen molar-refractivity contribution < 1.29 is 23.1 Å². The molecule has 0 aromatic heterocycles. The quantitative estimate of drug-likeness (QED) is 0.522. The van der Waals surface area contributed by atoms with E-state index in [0.717, 1.165) is 6.26 Å². The first kappa shape index (κ1) is 15.9. The van der Waals surface area contributed by atoms with Crippen LogP contribution in [0.25, 0.3) is 0 Å². The number of carboxylic acid groups (broad SMARTS) is 1. The van der Waals surface area contributed by atoms with Gasteiger partial charge >= 0.3 is 5.97 Å². The van der Waals surface area contributed by atoms with Crippen molar-refractivity contribution in [2.45, 2.75) is 25.9 Å². The summed E-state index contributed by atoms with van der Waals surface area (Å²) in [5, 5.41) is 13.8. The van der Waals surface area contributed by atoms with Gasteiger partial charge < -0.3 is 15.7 Å². The molecule has 17 heavy (non-hydrogen) atoms. The van der Waals surface area contributed by atoms with Crippen molar-refractivity contribution >= 4 is 21.7 Å². The molecule has 0 saturated heterocycles. The molecule has 0 rings (SSSR count). The molecule has 2 unspecified atom stereocenters. The Morgan fingerprint density at radius 1 is 1.35 bits per heavy atom. The average molecular weight is 266 g/mol. The second-order valence-corrected chi connectivity index (χ2v) is 6.18. The smallest absolute Gasteiger partial charge is 0.327 e. The summed E-state index contributed by atoms with van der Waals surface area (Å²) in [6, 6.07) is -1.44. The van der Waals surface area contributed by atoms with Crippen LogP contribution >= 0.6 is 0 Å². The second kappa shape index (κ2) is 6.55. The summed E-state index contributed by atoms with van der Waals surface area (Å²) in [5.74, 6) is -1.70. The highest BCUT2D eigenvalue weighted by Crippen LogP contribution is 1.91. The number of hydrogen-bond donors (Lipinski definition) is 3. The number of rotatable bonds is 7. The van der Waals surface area contributed by atoms with E-state index in [1.54, 1.807) is 6.92 Å². The third kappa shape index (κ3) is 8.64. The first-order valence-electron chi connectivity index (χ1n) is 5.03. The van der Waals surface area contributed by atoms with Gasteiger partial charge in [-0.25, -0.2) is 13.2 Å². The lowest BCUT2D eigenvalue weighted by Crippen LogP contribution is -2.49. The fourth-order valence-electron chi connectivity index (χ4n) is 1.28. The van der Waals surface area contributed by atoms with Crippen LogP contribution in [0.2, 0.25) is 0 Å². The first-order valence-corrected chi connectivity index (χ1v) is 7.09. The fourth-order valence-corrected chi connectivity index (χ4v) is 2.30. The number of carbonyl (C=O) groups is 2. The molecule has 2 atom stereocenters. The van der Waals surface area contributed by atoms with Crippen LogP contribution in [0, 0.1) is 0 Å². The number of sulfone groups is 1. The molecule has 0 fully saturated rings. The Kier molecular flexibility index (Phi) is 6.11. The van der Waals surface area contributed by atoms with Crippen molar-refractivity contribution in [1.82, 2.24) is 10.6 Å². The third-order valence-corrected chi connectivity index (χ3v) is 3.00. The number of hydrogen-bond acceptors (Lipinski definition) is 5. The summed E-state index contributed by atoms with van der Waals surface area (Å²) in [6.45, 7) is 2.83. The zero-order valence-corrected chi connectivity index (χ0v) is 10.9. The van der Waals surface area contributed by atoms with Crippen LogP contribution in [0.15, 0.2) is 0 Å². The predicted molar refractivity (Wildman–Crippen MR) is 62.4 cm³/mol. The molecule has 0 bridgehead atoms. The fraction of sp³-hybridized carbons (Fsp3) is 0.778. The number of amides is 1. The Hall–Kier alpha value is -1.15. The van der Waals surface area contributed by atoms with E-state index in [0.29, 0.717) is 0 Å². The van der Waals surface area contributed by atoms with Crippen molar-refractivity contribution in [3.05, 3.63) is 0 Å². The number of carbonyl (C=O) groups excluding carboxylic acids is 1. The van der Waals surface area contributed by atoms with Gasteiger partial charge in [-0.2, -0.15) is 0 Å². The Morgan fingerprint density at radius 3 is 2.24 bits per heavy atom. The SMILES string of the molecule is CC(=O)NC(CNC(C)CS(C)(=O)=O)C(=O)O. The van der Waals surface area contributed by atoms with Crippen LogP contribution in [0.1, 0.15) is 13.8 Å². The molecular formula is C9H18N2O5S. The lowest BCUT2D eigenvalue weighted by Gasteiger charge is -2.17. The van der Waals surface area contributed by atoms with Gasteiger partial charge in [-0.3, -0.25) is 4.79 Å². The van der Waals surface area contributed by atoms with E-state index in [-0.39, 0.29) is 18.3 Å². The van der Waals surface area contributed by atoms with Crippen LogP contribution in [-0.4, -0.2) is 56.0 Å². The van der Waals surface area contributed by atoms with Gasteiger partial charge in [0.2, 0.25) is 5.91 Å². The van der Waals surface area contributed by atoms with Gasteiger partial charge in [0.25, 0.3) is 0 Å². The van der Waals surface area contributed by atoms with Crippen molar-refractivity contribution in [2.24, 2.45) is 0 Å². The maximum atomic E-state index is 11.0. The minimum Gasteiger partial charge on any atom is -0.480 e. The van der Waals surface area contributed by atoms with E-state index in [1.165, 1.54) is 6.92 Å². The molecule has 0 aliphatic heterocycles. The van der Waals surface area contributed by atoms with Gasteiger partial charge in [0.1, 0.15) is 15.9 Å². The Morgan fingerprint density at radius 2 is 1.88 bits per heavy atom. The highest BCUT2D eigenvalue weighted by Gasteiger charge is 2.19. The zero-order chi connectivity index (χ0) is 13.6. The van der Waals surface area contributed by atoms with Crippen molar-refractivity contribution in [3.63, 3.8) is 0 Å². The van der Waals surface area contributed by atoms with Gasteiger partial charge in [-0.05, 0) is 6.92 Å². The molecule has 100 valence electrons. The molecule has 0 aliphatic carbocycles. The molecular weight excluding hydrogens is 248 g/mol. The second-order valence-electron chi connectivity index (χ2n) is 3.99. The minimum atomic E-state index is -3.11. The molecule has 0 heterocycles. The Labute approximate surface area is 101 Å². The third-order valence-electron chi connectivity index (χ3n) is 1.90. The van der Waals surface area contributed by atoms with Crippen LogP contribution in [0.5, 0.6) is 0 Å². The summed E-state index contributed by atoms with van der Waals surface area (Å²) in [7, 11) is -3.11. The van der Waals surface area contributed by atoms with Gasteiger partial charge in [0.05, 0.1) is 5.75 Å². The van der Waals surface area contributed by atoms with E-state index in [2.05, 4.69) is 10.6 Å². The molecule has 7 nitrogen and oxygen atoms in total. The van der Waals surface area contributed by atoms with Crippen LogP contribution < -0.4 is 10.6 Å². The van der Waals surface area contributed by atoms with E-state index >= 15 is 0 Å². The van der Waals surface area contributed by atoms with Crippen molar-refractivity contribution in [1.29, 1.82) is 0 Å². The molecule has 1 amide bonds. The number of nitrogens with one attached hydrogen (secondary N) is 2. The van der Waals surface area contributed by atoms with E-state index in [9.17, 15) is 18.0 Å². The largest absolute Gasteiger partial charge is 0.480 e. The zero-order valence-electron chi connectivity index (χ0n) is 10.1. The predicted octanol–water partition coefficient (Wildman–Crippen LogP) is -1.40. The lowest BCUT2D eigenvalue weighted by atomic mass is 10.2. The van der Waals surface area contributed by atoms with Gasteiger partial charge in [-0.15, -0.1) is 0 Å². The Bertz CT molecular complexity index is 379. The average Bonchev–Trinajstić information content (AvgIpc) is 2.08.